The summed E-state index contributed by atoms with van der Waals surface area (Å²) in [5, 5.41) is 0. The average Bonchev–Trinajstić information content (AvgIpc) is 2.69. The summed E-state index contributed by atoms with van der Waals surface area (Å²) in [6, 6.07) is 10.3. The van der Waals surface area contributed by atoms with Crippen molar-refractivity contribution in [3.05, 3.63) is 30.3 Å². The maximum absolute atomic E-state index is 12.0. The summed E-state index contributed by atoms with van der Waals surface area (Å²) < 4.78 is 0. The minimum atomic E-state index is 0.140. The van der Waals surface area contributed by atoms with Gasteiger partial charge in [-0.1, -0.05) is 18.2 Å². The number of hydrogen-bond acceptors (Lipinski definition) is 3. The largest absolute Gasteiger partial charge is 0.338 e. The fourth-order valence-electron chi connectivity index (χ4n) is 2.06. The molecule has 1 heterocycles. The molecular weight excluding hydrogens is 232 g/mol. The summed E-state index contributed by atoms with van der Waals surface area (Å²) in [7, 11) is 0. The number of nitrogens with zero attached hydrogens (tertiary/aromatic N) is 1. The number of hydrogen-bond donors (Lipinski definition) is 1. The van der Waals surface area contributed by atoms with E-state index in [1.165, 1.54) is 0 Å². The van der Waals surface area contributed by atoms with Gasteiger partial charge in [0.15, 0.2) is 0 Å². The first-order valence-corrected chi connectivity index (χ1v) is 6.90. The molecule has 0 spiro atoms. The molecule has 2 atom stereocenters. The minimum Gasteiger partial charge on any atom is -0.338 e. The van der Waals surface area contributed by atoms with Gasteiger partial charge in [0.1, 0.15) is 0 Å². The monoisotopic (exact) mass is 250 g/mol. The average molecular weight is 250 g/mol. The van der Waals surface area contributed by atoms with Gasteiger partial charge < -0.3 is 10.6 Å². The summed E-state index contributed by atoms with van der Waals surface area (Å²) in [6.07, 6.45) is 0.920. The first kappa shape index (κ1) is 12.5. The van der Waals surface area contributed by atoms with E-state index in [4.69, 9.17) is 5.73 Å². The van der Waals surface area contributed by atoms with Crippen LogP contribution in [0.2, 0.25) is 0 Å². The SMILES string of the molecule is CC1C(N)CCN1C(=O)CSc1ccccc1. The van der Waals surface area contributed by atoms with E-state index >= 15 is 0 Å². The van der Waals surface area contributed by atoms with Crippen molar-refractivity contribution in [2.75, 3.05) is 12.3 Å². The first-order valence-electron chi connectivity index (χ1n) is 5.91. The molecule has 1 amide bonds. The van der Waals surface area contributed by atoms with Crippen LogP contribution in [-0.2, 0) is 4.79 Å². The molecule has 0 saturated carbocycles. The summed E-state index contributed by atoms with van der Waals surface area (Å²) >= 11 is 1.59. The molecule has 2 N–H and O–H groups in total. The zero-order chi connectivity index (χ0) is 12.3. The highest BCUT2D eigenvalue weighted by Gasteiger charge is 2.30. The number of rotatable bonds is 3. The first-order chi connectivity index (χ1) is 8.18. The molecule has 0 aliphatic carbocycles. The van der Waals surface area contributed by atoms with Crippen molar-refractivity contribution in [1.29, 1.82) is 0 Å². The highest BCUT2D eigenvalue weighted by molar-refractivity contribution is 8.00. The lowest BCUT2D eigenvalue weighted by Gasteiger charge is -2.23. The zero-order valence-corrected chi connectivity index (χ0v) is 10.8. The van der Waals surface area contributed by atoms with E-state index in [0.717, 1.165) is 17.9 Å². The Kier molecular flexibility index (Phi) is 4.07. The van der Waals surface area contributed by atoms with E-state index < -0.39 is 0 Å². The summed E-state index contributed by atoms with van der Waals surface area (Å²) in [6.45, 7) is 2.83. The van der Waals surface area contributed by atoms with E-state index in [1.807, 2.05) is 42.2 Å². The second-order valence-corrected chi connectivity index (χ2v) is 5.43. The molecule has 1 aromatic carbocycles. The quantitative estimate of drug-likeness (QED) is 0.831. The van der Waals surface area contributed by atoms with Crippen LogP contribution in [0.1, 0.15) is 13.3 Å². The van der Waals surface area contributed by atoms with Crippen LogP contribution in [0.3, 0.4) is 0 Å². The van der Waals surface area contributed by atoms with Gasteiger partial charge in [-0.15, -0.1) is 11.8 Å². The molecule has 1 saturated heterocycles. The summed E-state index contributed by atoms with van der Waals surface area (Å²) in [4.78, 5) is 15.1. The van der Waals surface area contributed by atoms with Crippen LogP contribution in [0.4, 0.5) is 0 Å². The Balaban J connectivity index is 1.86. The molecule has 17 heavy (non-hydrogen) atoms. The Bertz CT molecular complexity index is 382. The van der Waals surface area contributed by atoms with E-state index in [-0.39, 0.29) is 18.0 Å². The van der Waals surface area contributed by atoms with Crippen LogP contribution in [0, 0.1) is 0 Å². The number of carbonyl (C=O) groups is 1. The maximum atomic E-state index is 12.0. The highest BCUT2D eigenvalue weighted by atomic mass is 32.2. The number of benzene rings is 1. The minimum absolute atomic E-state index is 0.140. The van der Waals surface area contributed by atoms with Crippen LogP contribution in [0.15, 0.2) is 35.2 Å². The molecule has 92 valence electrons. The number of amides is 1. The van der Waals surface area contributed by atoms with Crippen molar-refractivity contribution in [2.45, 2.75) is 30.3 Å². The molecular formula is C13H18N2OS. The molecule has 3 nitrogen and oxygen atoms in total. The normalized spacial score (nSPS) is 24.0. The molecule has 1 aliphatic heterocycles. The second kappa shape index (κ2) is 5.56. The third-order valence-electron chi connectivity index (χ3n) is 3.24. The summed E-state index contributed by atoms with van der Waals surface area (Å²) in [5.74, 6) is 0.695. The predicted octanol–water partition coefficient (Wildman–Crippen LogP) is 1.73. The van der Waals surface area contributed by atoms with Gasteiger partial charge in [-0.05, 0) is 25.5 Å². The second-order valence-electron chi connectivity index (χ2n) is 4.38. The lowest BCUT2D eigenvalue weighted by atomic mass is 10.2. The molecule has 0 radical (unpaired) electrons. The number of nitrogens with two attached hydrogens (primary N) is 1. The van der Waals surface area contributed by atoms with Crippen molar-refractivity contribution in [1.82, 2.24) is 4.90 Å². The van der Waals surface area contributed by atoms with Crippen LogP contribution < -0.4 is 5.73 Å². The number of carbonyl (C=O) groups excluding carboxylic acids is 1. The lowest BCUT2D eigenvalue weighted by molar-refractivity contribution is -0.128. The number of likely N-dealkylation sites (tertiary alicyclic amines) is 1. The molecule has 2 rings (SSSR count). The van der Waals surface area contributed by atoms with Gasteiger partial charge in [-0.2, -0.15) is 0 Å². The Morgan fingerprint density at radius 2 is 2.18 bits per heavy atom. The number of thioether (sulfide) groups is 1. The van der Waals surface area contributed by atoms with Gasteiger partial charge in [-0.3, -0.25) is 4.79 Å². The zero-order valence-electron chi connectivity index (χ0n) is 10.0. The van der Waals surface area contributed by atoms with E-state index in [0.29, 0.717) is 5.75 Å². The van der Waals surface area contributed by atoms with Gasteiger partial charge in [0.2, 0.25) is 5.91 Å². The maximum Gasteiger partial charge on any atom is 0.233 e. The van der Waals surface area contributed by atoms with E-state index in [1.54, 1.807) is 11.8 Å². The van der Waals surface area contributed by atoms with Crippen LogP contribution in [0.5, 0.6) is 0 Å². The Labute approximate surface area is 106 Å². The molecule has 0 bridgehead atoms. The van der Waals surface area contributed by atoms with Crippen molar-refractivity contribution in [3.8, 4) is 0 Å². The van der Waals surface area contributed by atoms with Crippen molar-refractivity contribution < 1.29 is 4.79 Å². The topological polar surface area (TPSA) is 46.3 Å². The van der Waals surface area contributed by atoms with Crippen LogP contribution in [0.25, 0.3) is 0 Å². The van der Waals surface area contributed by atoms with Crippen molar-refractivity contribution in [2.24, 2.45) is 5.73 Å². The van der Waals surface area contributed by atoms with Crippen molar-refractivity contribution in [3.63, 3.8) is 0 Å². The van der Waals surface area contributed by atoms with Gasteiger partial charge in [0.25, 0.3) is 0 Å². The van der Waals surface area contributed by atoms with Crippen molar-refractivity contribution >= 4 is 17.7 Å². The van der Waals surface area contributed by atoms with Gasteiger partial charge in [0, 0.05) is 23.5 Å². The predicted molar refractivity (Wildman–Crippen MR) is 70.9 cm³/mol. The molecule has 2 unspecified atom stereocenters. The highest BCUT2D eigenvalue weighted by Crippen LogP contribution is 2.21. The third kappa shape index (κ3) is 3.01. The van der Waals surface area contributed by atoms with Crippen LogP contribution in [-0.4, -0.2) is 35.2 Å². The molecule has 0 aromatic heterocycles. The lowest BCUT2D eigenvalue weighted by Crippen LogP contribution is -2.41. The molecule has 1 aliphatic rings. The van der Waals surface area contributed by atoms with Gasteiger partial charge in [-0.25, -0.2) is 0 Å². The Hall–Kier alpha value is -1.00. The standard InChI is InChI=1S/C13H18N2OS/c1-10-12(14)7-8-15(10)13(16)9-17-11-5-3-2-4-6-11/h2-6,10,12H,7-9,14H2,1H3. The van der Waals surface area contributed by atoms with Gasteiger partial charge >= 0.3 is 0 Å². The molecule has 1 aromatic rings. The molecule has 4 heteroatoms. The third-order valence-corrected chi connectivity index (χ3v) is 4.24. The Morgan fingerprint density at radius 1 is 1.47 bits per heavy atom. The van der Waals surface area contributed by atoms with E-state index in [2.05, 4.69) is 0 Å². The van der Waals surface area contributed by atoms with Crippen LogP contribution >= 0.6 is 11.8 Å². The van der Waals surface area contributed by atoms with E-state index in [9.17, 15) is 4.79 Å². The fraction of sp³-hybridized carbons (Fsp3) is 0.462. The smallest absolute Gasteiger partial charge is 0.233 e. The van der Waals surface area contributed by atoms with Gasteiger partial charge in [0.05, 0.1) is 5.75 Å². The molecule has 1 fully saturated rings. The Morgan fingerprint density at radius 3 is 2.76 bits per heavy atom. The fourth-order valence-corrected chi connectivity index (χ4v) is 2.87. The summed E-state index contributed by atoms with van der Waals surface area (Å²) in [5.41, 5.74) is 5.91.